The van der Waals surface area contributed by atoms with Crippen LogP contribution >= 0.6 is 15.9 Å². The molecule has 0 aromatic heterocycles. The van der Waals surface area contributed by atoms with Crippen molar-refractivity contribution in [3.63, 3.8) is 0 Å². The van der Waals surface area contributed by atoms with Crippen molar-refractivity contribution in [1.82, 2.24) is 0 Å². The van der Waals surface area contributed by atoms with Gasteiger partial charge in [0, 0.05) is 5.56 Å². The second kappa shape index (κ2) is 6.71. The largest absolute Gasteiger partial charge is 0.456 e. The summed E-state index contributed by atoms with van der Waals surface area (Å²) in [6.07, 6.45) is 1.94. The molecular weight excluding hydrogens is 316 g/mol. The smallest absolute Gasteiger partial charge is 0.150 e. The molecule has 1 atom stereocenters. The topological polar surface area (TPSA) is 26.3 Å². The third kappa shape index (κ3) is 3.48. The van der Waals surface area contributed by atoms with E-state index in [4.69, 9.17) is 4.74 Å². The number of carbonyl (C=O) groups is 1. The van der Waals surface area contributed by atoms with Gasteiger partial charge in [-0.1, -0.05) is 26.0 Å². The molecule has 0 aliphatic heterocycles. The summed E-state index contributed by atoms with van der Waals surface area (Å²) in [5, 5.41) is 0. The van der Waals surface area contributed by atoms with Gasteiger partial charge in [-0.15, -0.1) is 0 Å². The highest BCUT2D eigenvalue weighted by molar-refractivity contribution is 9.10. The van der Waals surface area contributed by atoms with Crippen LogP contribution < -0.4 is 4.74 Å². The third-order valence-corrected chi connectivity index (χ3v) is 4.00. The standard InChI is InChI=1S/C17H17BrO2/c1-3-12(2)14-5-7-15(8-6-14)20-17-9-4-13(11-19)10-16(17)18/h4-12H,3H2,1-2H3. The molecule has 0 radical (unpaired) electrons. The van der Waals surface area contributed by atoms with Gasteiger partial charge < -0.3 is 4.74 Å². The lowest BCUT2D eigenvalue weighted by molar-refractivity contribution is 0.112. The molecule has 0 fully saturated rings. The molecule has 2 rings (SSSR count). The summed E-state index contributed by atoms with van der Waals surface area (Å²) < 4.78 is 6.59. The molecule has 0 spiro atoms. The Morgan fingerprint density at radius 2 is 1.90 bits per heavy atom. The quantitative estimate of drug-likeness (QED) is 0.669. The first-order valence-electron chi connectivity index (χ1n) is 6.66. The van der Waals surface area contributed by atoms with Crippen LogP contribution in [-0.2, 0) is 0 Å². The van der Waals surface area contributed by atoms with Gasteiger partial charge >= 0.3 is 0 Å². The van der Waals surface area contributed by atoms with Gasteiger partial charge in [-0.2, -0.15) is 0 Å². The summed E-state index contributed by atoms with van der Waals surface area (Å²) in [5.74, 6) is 2.05. The maximum atomic E-state index is 10.7. The van der Waals surface area contributed by atoms with Gasteiger partial charge in [0.15, 0.2) is 0 Å². The van der Waals surface area contributed by atoms with Gasteiger partial charge in [-0.25, -0.2) is 0 Å². The van der Waals surface area contributed by atoms with Crippen molar-refractivity contribution in [3.8, 4) is 11.5 Å². The highest BCUT2D eigenvalue weighted by Gasteiger charge is 2.06. The van der Waals surface area contributed by atoms with E-state index >= 15 is 0 Å². The fourth-order valence-corrected chi connectivity index (χ4v) is 2.38. The Kier molecular flexibility index (Phi) is 4.96. The van der Waals surface area contributed by atoms with E-state index in [-0.39, 0.29) is 0 Å². The summed E-state index contributed by atoms with van der Waals surface area (Å²) >= 11 is 3.41. The Morgan fingerprint density at radius 3 is 2.45 bits per heavy atom. The first-order chi connectivity index (χ1) is 9.63. The minimum absolute atomic E-state index is 0.558. The Bertz CT molecular complexity index is 590. The van der Waals surface area contributed by atoms with Gasteiger partial charge in [0.25, 0.3) is 0 Å². The predicted octanol–water partition coefficient (Wildman–Crippen LogP) is 5.57. The highest BCUT2D eigenvalue weighted by atomic mass is 79.9. The number of hydrogen-bond acceptors (Lipinski definition) is 2. The maximum absolute atomic E-state index is 10.7. The molecule has 2 aromatic carbocycles. The average Bonchev–Trinajstić information content (AvgIpc) is 2.49. The maximum Gasteiger partial charge on any atom is 0.150 e. The van der Waals surface area contributed by atoms with Crippen LogP contribution in [-0.4, -0.2) is 6.29 Å². The van der Waals surface area contributed by atoms with E-state index in [9.17, 15) is 4.79 Å². The van der Waals surface area contributed by atoms with Crippen molar-refractivity contribution in [2.45, 2.75) is 26.2 Å². The second-order valence-electron chi connectivity index (χ2n) is 4.79. The predicted molar refractivity (Wildman–Crippen MR) is 84.8 cm³/mol. The van der Waals surface area contributed by atoms with Crippen molar-refractivity contribution in [3.05, 3.63) is 58.1 Å². The number of rotatable bonds is 5. The highest BCUT2D eigenvalue weighted by Crippen LogP contribution is 2.31. The molecule has 2 nitrogen and oxygen atoms in total. The molecule has 1 unspecified atom stereocenters. The van der Waals surface area contributed by atoms with Crippen molar-refractivity contribution < 1.29 is 9.53 Å². The van der Waals surface area contributed by atoms with Crippen molar-refractivity contribution in [2.24, 2.45) is 0 Å². The van der Waals surface area contributed by atoms with E-state index in [1.165, 1.54) is 5.56 Å². The molecule has 0 saturated carbocycles. The van der Waals surface area contributed by atoms with Crippen LogP contribution in [0.3, 0.4) is 0 Å². The fraction of sp³-hybridized carbons (Fsp3) is 0.235. The van der Waals surface area contributed by atoms with Crippen LogP contribution in [0.5, 0.6) is 11.5 Å². The molecule has 0 saturated heterocycles. The number of hydrogen-bond donors (Lipinski definition) is 0. The first-order valence-corrected chi connectivity index (χ1v) is 7.46. The fourth-order valence-electron chi connectivity index (χ4n) is 1.90. The van der Waals surface area contributed by atoms with E-state index in [1.54, 1.807) is 18.2 Å². The molecule has 0 aliphatic carbocycles. The molecule has 0 aliphatic rings. The third-order valence-electron chi connectivity index (χ3n) is 3.38. The van der Waals surface area contributed by atoms with Gasteiger partial charge in [0.1, 0.15) is 17.8 Å². The molecule has 2 aromatic rings. The summed E-state index contributed by atoms with van der Waals surface area (Å²) in [6, 6.07) is 13.4. The van der Waals surface area contributed by atoms with Gasteiger partial charge in [-0.05, 0) is 64.2 Å². The number of benzene rings is 2. The van der Waals surface area contributed by atoms with E-state index < -0.39 is 0 Å². The normalized spacial score (nSPS) is 11.9. The SMILES string of the molecule is CCC(C)c1ccc(Oc2ccc(C=O)cc2Br)cc1. The summed E-state index contributed by atoms with van der Waals surface area (Å²) in [5.41, 5.74) is 1.94. The molecule has 20 heavy (non-hydrogen) atoms. The van der Waals surface area contributed by atoms with Crippen molar-refractivity contribution >= 4 is 22.2 Å². The number of ether oxygens (including phenoxy) is 1. The summed E-state index contributed by atoms with van der Waals surface area (Å²) in [4.78, 5) is 10.7. The Labute approximate surface area is 127 Å². The lowest BCUT2D eigenvalue weighted by Crippen LogP contribution is -1.92. The number of aldehydes is 1. The monoisotopic (exact) mass is 332 g/mol. The van der Waals surface area contributed by atoms with E-state index in [2.05, 4.69) is 41.9 Å². The van der Waals surface area contributed by atoms with Crippen molar-refractivity contribution in [1.29, 1.82) is 0 Å². The Balaban J connectivity index is 2.16. The van der Waals surface area contributed by atoms with Crippen LogP contribution in [0.2, 0.25) is 0 Å². The van der Waals surface area contributed by atoms with Gasteiger partial charge in [0.2, 0.25) is 0 Å². The average molecular weight is 333 g/mol. The number of halogens is 1. The van der Waals surface area contributed by atoms with Crippen molar-refractivity contribution in [2.75, 3.05) is 0 Å². The van der Waals surface area contributed by atoms with Crippen LogP contribution in [0.1, 0.15) is 42.1 Å². The minimum Gasteiger partial charge on any atom is -0.456 e. The van der Waals surface area contributed by atoms with Crippen LogP contribution in [0.4, 0.5) is 0 Å². The zero-order valence-corrected chi connectivity index (χ0v) is 13.2. The van der Waals surface area contributed by atoms with E-state index in [0.717, 1.165) is 22.9 Å². The second-order valence-corrected chi connectivity index (χ2v) is 5.64. The molecule has 0 N–H and O–H groups in total. The zero-order chi connectivity index (χ0) is 14.5. The molecule has 0 amide bonds. The summed E-state index contributed by atoms with van der Waals surface area (Å²) in [6.45, 7) is 4.39. The molecule has 0 heterocycles. The van der Waals surface area contributed by atoms with Crippen LogP contribution in [0.25, 0.3) is 0 Å². The lowest BCUT2D eigenvalue weighted by Gasteiger charge is -2.11. The van der Waals surface area contributed by atoms with Gasteiger partial charge in [0.05, 0.1) is 4.47 Å². The van der Waals surface area contributed by atoms with E-state index in [1.807, 2.05) is 12.1 Å². The minimum atomic E-state index is 0.558. The molecule has 104 valence electrons. The van der Waals surface area contributed by atoms with Crippen LogP contribution in [0.15, 0.2) is 46.9 Å². The molecular formula is C17H17BrO2. The Morgan fingerprint density at radius 1 is 1.20 bits per heavy atom. The van der Waals surface area contributed by atoms with Crippen LogP contribution in [0, 0.1) is 0 Å². The molecule has 0 bridgehead atoms. The zero-order valence-electron chi connectivity index (χ0n) is 11.6. The first kappa shape index (κ1) is 14.8. The lowest BCUT2D eigenvalue weighted by atomic mass is 9.99. The molecule has 3 heteroatoms. The van der Waals surface area contributed by atoms with E-state index in [0.29, 0.717) is 17.2 Å². The number of carbonyl (C=O) groups excluding carboxylic acids is 1. The van der Waals surface area contributed by atoms with Gasteiger partial charge in [-0.3, -0.25) is 4.79 Å². The Hall–Kier alpha value is -1.61. The summed E-state index contributed by atoms with van der Waals surface area (Å²) in [7, 11) is 0.